The van der Waals surface area contributed by atoms with Crippen LogP contribution < -0.4 is 10.6 Å². The molecule has 1 aromatic heterocycles. The van der Waals surface area contributed by atoms with Gasteiger partial charge in [0, 0.05) is 13.6 Å². The Morgan fingerprint density at radius 2 is 2.13 bits per heavy atom. The summed E-state index contributed by atoms with van der Waals surface area (Å²) < 4.78 is 0. The molecule has 0 bridgehead atoms. The number of nitrogens with zero attached hydrogens (tertiary/aromatic N) is 3. The maximum atomic E-state index is 9.65. The van der Waals surface area contributed by atoms with Crippen molar-refractivity contribution in [2.45, 2.75) is 19.4 Å². The van der Waals surface area contributed by atoms with Crippen molar-refractivity contribution < 1.29 is 5.11 Å². The third-order valence-corrected chi connectivity index (χ3v) is 2.15. The van der Waals surface area contributed by atoms with E-state index in [0.29, 0.717) is 17.4 Å². The molecular formula is C9H15ClN4O. The van der Waals surface area contributed by atoms with Gasteiger partial charge in [-0.15, -0.1) is 0 Å². The number of likely N-dealkylation sites (N-methyl/N-ethyl adjacent to an activating group) is 1. The van der Waals surface area contributed by atoms with Crippen LogP contribution in [0, 0.1) is 0 Å². The Kier molecular flexibility index (Phi) is 3.36. The van der Waals surface area contributed by atoms with E-state index in [1.54, 1.807) is 25.8 Å². The lowest BCUT2D eigenvalue weighted by Gasteiger charge is -2.26. The summed E-state index contributed by atoms with van der Waals surface area (Å²) in [7, 11) is 1.78. The molecule has 0 spiro atoms. The molecule has 1 rings (SSSR count). The average Bonchev–Trinajstić information content (AvgIpc) is 2.06. The molecule has 0 fully saturated rings. The molecule has 0 aromatic carbocycles. The highest BCUT2D eigenvalue weighted by atomic mass is 35.5. The molecule has 0 saturated heterocycles. The first-order chi connectivity index (χ1) is 6.81. The van der Waals surface area contributed by atoms with Crippen LogP contribution in [0.25, 0.3) is 0 Å². The van der Waals surface area contributed by atoms with Crippen molar-refractivity contribution in [1.29, 1.82) is 0 Å². The van der Waals surface area contributed by atoms with Crippen molar-refractivity contribution in [1.82, 2.24) is 9.97 Å². The number of anilines is 2. The quantitative estimate of drug-likeness (QED) is 0.808. The molecule has 1 heterocycles. The zero-order valence-corrected chi connectivity index (χ0v) is 9.78. The van der Waals surface area contributed by atoms with Gasteiger partial charge in [-0.05, 0) is 13.8 Å². The molecule has 6 heteroatoms. The van der Waals surface area contributed by atoms with E-state index in [2.05, 4.69) is 9.97 Å². The maximum absolute atomic E-state index is 9.65. The molecule has 0 atom stereocenters. The number of rotatable bonds is 3. The molecule has 0 aliphatic carbocycles. The normalized spacial score (nSPS) is 11.5. The van der Waals surface area contributed by atoms with E-state index in [1.807, 2.05) is 0 Å². The van der Waals surface area contributed by atoms with Gasteiger partial charge < -0.3 is 15.7 Å². The Labute approximate surface area is 93.9 Å². The second kappa shape index (κ2) is 4.20. The summed E-state index contributed by atoms with van der Waals surface area (Å²) in [5.74, 6) is 0.760. The molecule has 3 N–H and O–H groups in total. The second-order valence-corrected chi connectivity index (χ2v) is 4.44. The minimum absolute atomic E-state index is 0.240. The number of aromatic nitrogens is 2. The van der Waals surface area contributed by atoms with Gasteiger partial charge in [-0.25, -0.2) is 9.97 Å². The first-order valence-electron chi connectivity index (χ1n) is 4.51. The first kappa shape index (κ1) is 12.0. The zero-order chi connectivity index (χ0) is 11.6. The van der Waals surface area contributed by atoms with E-state index in [4.69, 9.17) is 17.3 Å². The molecule has 15 heavy (non-hydrogen) atoms. The standard InChI is InChI=1S/C9H15ClN4O/c1-9(2,15)4-14(3)8-6(10)7(11)12-5-13-8/h5,15H,4H2,1-3H3,(H2,11,12,13). The monoisotopic (exact) mass is 230 g/mol. The van der Waals surface area contributed by atoms with Crippen LogP contribution in [0.5, 0.6) is 0 Å². The van der Waals surface area contributed by atoms with Crippen molar-refractivity contribution in [2.24, 2.45) is 0 Å². The highest BCUT2D eigenvalue weighted by Gasteiger charge is 2.19. The van der Waals surface area contributed by atoms with Crippen LogP contribution in [0.2, 0.25) is 5.02 Å². The molecule has 0 radical (unpaired) electrons. The van der Waals surface area contributed by atoms with Crippen molar-refractivity contribution in [3.63, 3.8) is 0 Å². The lowest BCUT2D eigenvalue weighted by Crippen LogP contribution is -2.36. The fourth-order valence-electron chi connectivity index (χ4n) is 1.30. The van der Waals surface area contributed by atoms with E-state index >= 15 is 0 Å². The average molecular weight is 231 g/mol. The minimum atomic E-state index is -0.822. The van der Waals surface area contributed by atoms with E-state index < -0.39 is 5.60 Å². The third kappa shape index (κ3) is 3.21. The fourth-order valence-corrected chi connectivity index (χ4v) is 1.54. The van der Waals surface area contributed by atoms with Gasteiger partial charge in [-0.1, -0.05) is 11.6 Å². The largest absolute Gasteiger partial charge is 0.389 e. The smallest absolute Gasteiger partial charge is 0.152 e. The van der Waals surface area contributed by atoms with Crippen LogP contribution in [-0.4, -0.2) is 34.3 Å². The topological polar surface area (TPSA) is 75.3 Å². The summed E-state index contributed by atoms with van der Waals surface area (Å²) in [6, 6.07) is 0. The number of nitrogens with two attached hydrogens (primary N) is 1. The van der Waals surface area contributed by atoms with Gasteiger partial charge >= 0.3 is 0 Å². The molecule has 0 saturated carbocycles. The lowest BCUT2D eigenvalue weighted by molar-refractivity contribution is 0.0884. The second-order valence-electron chi connectivity index (χ2n) is 4.06. The van der Waals surface area contributed by atoms with Crippen LogP contribution in [0.3, 0.4) is 0 Å². The molecule has 5 nitrogen and oxygen atoms in total. The van der Waals surface area contributed by atoms with Crippen molar-refractivity contribution in [3.05, 3.63) is 11.3 Å². The molecule has 1 aromatic rings. The lowest BCUT2D eigenvalue weighted by atomic mass is 10.1. The van der Waals surface area contributed by atoms with Crippen LogP contribution in [-0.2, 0) is 0 Å². The number of aliphatic hydroxyl groups is 1. The zero-order valence-electron chi connectivity index (χ0n) is 9.03. The summed E-state index contributed by atoms with van der Waals surface area (Å²) in [4.78, 5) is 9.52. The van der Waals surface area contributed by atoms with Crippen molar-refractivity contribution >= 4 is 23.2 Å². The first-order valence-corrected chi connectivity index (χ1v) is 4.88. The van der Waals surface area contributed by atoms with E-state index in [1.165, 1.54) is 6.33 Å². The summed E-state index contributed by atoms with van der Waals surface area (Å²) in [6.07, 6.45) is 1.34. The van der Waals surface area contributed by atoms with Gasteiger partial charge in [0.15, 0.2) is 5.82 Å². The maximum Gasteiger partial charge on any atom is 0.152 e. The number of hydrogen-bond donors (Lipinski definition) is 2. The Balaban J connectivity index is 2.92. The van der Waals surface area contributed by atoms with Gasteiger partial charge in [0.2, 0.25) is 0 Å². The van der Waals surface area contributed by atoms with Gasteiger partial charge in [0.05, 0.1) is 5.60 Å². The molecule has 0 unspecified atom stereocenters. The Morgan fingerprint density at radius 1 is 1.53 bits per heavy atom. The third-order valence-electron chi connectivity index (χ3n) is 1.78. The minimum Gasteiger partial charge on any atom is -0.389 e. The van der Waals surface area contributed by atoms with Gasteiger partial charge in [0.1, 0.15) is 17.2 Å². The number of hydrogen-bond acceptors (Lipinski definition) is 5. The van der Waals surface area contributed by atoms with Crippen molar-refractivity contribution in [2.75, 3.05) is 24.2 Å². The molecule has 0 aliphatic rings. The summed E-state index contributed by atoms with van der Waals surface area (Å²) in [5.41, 5.74) is 4.73. The molecule has 0 aliphatic heterocycles. The highest BCUT2D eigenvalue weighted by molar-refractivity contribution is 6.35. The highest BCUT2D eigenvalue weighted by Crippen LogP contribution is 2.26. The summed E-state index contributed by atoms with van der Waals surface area (Å²) in [5, 5.41) is 9.96. The fraction of sp³-hybridized carbons (Fsp3) is 0.556. The summed E-state index contributed by atoms with van der Waals surface area (Å²) >= 11 is 5.94. The van der Waals surface area contributed by atoms with E-state index in [-0.39, 0.29) is 5.82 Å². The molecule has 0 amide bonds. The van der Waals surface area contributed by atoms with Gasteiger partial charge in [-0.3, -0.25) is 0 Å². The SMILES string of the molecule is CN(CC(C)(C)O)c1ncnc(N)c1Cl. The number of halogens is 1. The van der Waals surface area contributed by atoms with Gasteiger partial charge in [-0.2, -0.15) is 0 Å². The molecule has 84 valence electrons. The number of nitrogen functional groups attached to an aromatic ring is 1. The predicted molar refractivity (Wildman–Crippen MR) is 61.0 cm³/mol. The van der Waals surface area contributed by atoms with Crippen LogP contribution >= 0.6 is 11.6 Å². The molecular weight excluding hydrogens is 216 g/mol. The Bertz CT molecular complexity index is 350. The van der Waals surface area contributed by atoms with Gasteiger partial charge in [0.25, 0.3) is 0 Å². The predicted octanol–water partition coefficient (Wildman–Crippen LogP) is 0.919. The van der Waals surface area contributed by atoms with E-state index in [9.17, 15) is 5.11 Å². The van der Waals surface area contributed by atoms with Crippen LogP contribution in [0.4, 0.5) is 11.6 Å². The van der Waals surface area contributed by atoms with E-state index in [0.717, 1.165) is 0 Å². The van der Waals surface area contributed by atoms with Crippen molar-refractivity contribution in [3.8, 4) is 0 Å². The Hall–Kier alpha value is -1.07. The van der Waals surface area contributed by atoms with Crippen LogP contribution in [0.1, 0.15) is 13.8 Å². The summed E-state index contributed by atoms with van der Waals surface area (Å²) in [6.45, 7) is 3.83. The van der Waals surface area contributed by atoms with Crippen LogP contribution in [0.15, 0.2) is 6.33 Å². The Morgan fingerprint density at radius 3 is 2.67 bits per heavy atom.